The number of rotatable bonds is 8. The second-order valence-electron chi connectivity index (χ2n) is 5.05. The van der Waals surface area contributed by atoms with Crippen LogP contribution in [-0.2, 0) is 0 Å². The predicted molar refractivity (Wildman–Crippen MR) is 74.3 cm³/mol. The third kappa shape index (κ3) is 4.49. The normalized spacial score (nSPS) is 15.9. The lowest BCUT2D eigenvalue weighted by molar-refractivity contribution is 0.0588. The fraction of sp³-hybridized carbons (Fsp3) is 0.533. The van der Waals surface area contributed by atoms with Crippen LogP contribution >= 0.6 is 0 Å². The van der Waals surface area contributed by atoms with Crippen LogP contribution in [0.3, 0.4) is 0 Å². The van der Waals surface area contributed by atoms with Gasteiger partial charge in [0.05, 0.1) is 18.2 Å². The third-order valence-corrected chi connectivity index (χ3v) is 3.30. The van der Waals surface area contributed by atoms with Crippen molar-refractivity contribution in [3.05, 3.63) is 29.8 Å². The molecule has 20 heavy (non-hydrogen) atoms. The van der Waals surface area contributed by atoms with E-state index in [0.29, 0.717) is 30.4 Å². The van der Waals surface area contributed by atoms with Crippen molar-refractivity contribution in [2.75, 3.05) is 26.3 Å². The van der Waals surface area contributed by atoms with Crippen LogP contribution in [0.15, 0.2) is 24.3 Å². The van der Waals surface area contributed by atoms with Crippen LogP contribution in [0.1, 0.15) is 18.4 Å². The van der Waals surface area contributed by atoms with Crippen molar-refractivity contribution in [1.29, 1.82) is 5.26 Å². The van der Waals surface area contributed by atoms with Crippen molar-refractivity contribution in [3.63, 3.8) is 0 Å². The summed E-state index contributed by atoms with van der Waals surface area (Å²) >= 11 is 0. The minimum atomic E-state index is -0.604. The fourth-order valence-electron chi connectivity index (χ4n) is 2.16. The van der Waals surface area contributed by atoms with Crippen LogP contribution in [0, 0.1) is 11.3 Å². The van der Waals surface area contributed by atoms with Gasteiger partial charge >= 0.3 is 0 Å². The molecular formula is C15H20N2O3. The van der Waals surface area contributed by atoms with E-state index in [0.717, 1.165) is 12.8 Å². The van der Waals surface area contributed by atoms with Gasteiger partial charge in [-0.2, -0.15) is 5.26 Å². The van der Waals surface area contributed by atoms with Crippen molar-refractivity contribution in [2.24, 2.45) is 0 Å². The maximum atomic E-state index is 10.00. The third-order valence-electron chi connectivity index (χ3n) is 3.30. The van der Waals surface area contributed by atoms with Crippen LogP contribution in [0.25, 0.3) is 0 Å². The summed E-state index contributed by atoms with van der Waals surface area (Å²) in [7, 11) is 0. The SMILES string of the molecule is N#Cc1cccc(OCC(O)CN(CCO)C2CC2)c1. The molecule has 1 aromatic carbocycles. The van der Waals surface area contributed by atoms with Crippen molar-refractivity contribution >= 4 is 0 Å². The largest absolute Gasteiger partial charge is 0.491 e. The van der Waals surface area contributed by atoms with Gasteiger partial charge in [0.15, 0.2) is 0 Å². The van der Waals surface area contributed by atoms with Crippen LogP contribution < -0.4 is 4.74 Å². The first-order valence-electron chi connectivity index (χ1n) is 6.89. The van der Waals surface area contributed by atoms with E-state index in [1.807, 2.05) is 6.07 Å². The second kappa shape index (κ2) is 7.25. The number of benzene rings is 1. The Balaban J connectivity index is 1.79. The molecule has 0 radical (unpaired) electrons. The Morgan fingerprint density at radius 2 is 2.25 bits per heavy atom. The molecule has 1 atom stereocenters. The highest BCUT2D eigenvalue weighted by Gasteiger charge is 2.29. The molecule has 1 unspecified atom stereocenters. The van der Waals surface area contributed by atoms with Crippen molar-refractivity contribution in [2.45, 2.75) is 25.0 Å². The van der Waals surface area contributed by atoms with Crippen LogP contribution in [0.4, 0.5) is 0 Å². The fourth-order valence-corrected chi connectivity index (χ4v) is 2.16. The monoisotopic (exact) mass is 276 g/mol. The minimum absolute atomic E-state index is 0.105. The predicted octanol–water partition coefficient (Wildman–Crippen LogP) is 0.755. The lowest BCUT2D eigenvalue weighted by atomic mass is 10.2. The van der Waals surface area contributed by atoms with Gasteiger partial charge < -0.3 is 14.9 Å². The number of aliphatic hydroxyl groups excluding tert-OH is 2. The molecule has 0 aromatic heterocycles. The van der Waals surface area contributed by atoms with E-state index >= 15 is 0 Å². The van der Waals surface area contributed by atoms with Gasteiger partial charge in [-0.15, -0.1) is 0 Å². The van der Waals surface area contributed by atoms with Crippen LogP contribution in [0.2, 0.25) is 0 Å². The van der Waals surface area contributed by atoms with Crippen molar-refractivity contribution < 1.29 is 14.9 Å². The van der Waals surface area contributed by atoms with E-state index in [1.165, 1.54) is 0 Å². The maximum absolute atomic E-state index is 10.00. The first-order chi connectivity index (χ1) is 9.72. The van der Waals surface area contributed by atoms with Crippen molar-refractivity contribution in [3.8, 4) is 11.8 Å². The molecule has 108 valence electrons. The molecule has 0 saturated heterocycles. The Kier molecular flexibility index (Phi) is 5.36. The summed E-state index contributed by atoms with van der Waals surface area (Å²) in [4.78, 5) is 2.10. The summed E-state index contributed by atoms with van der Waals surface area (Å²) in [6, 6.07) is 9.42. The molecule has 2 N–H and O–H groups in total. The molecule has 1 aliphatic carbocycles. The average molecular weight is 276 g/mol. The van der Waals surface area contributed by atoms with Gasteiger partial charge in [0.25, 0.3) is 0 Å². The zero-order valence-electron chi connectivity index (χ0n) is 11.4. The molecule has 0 aliphatic heterocycles. The van der Waals surface area contributed by atoms with E-state index in [9.17, 15) is 5.11 Å². The van der Waals surface area contributed by atoms with Gasteiger partial charge in [-0.25, -0.2) is 0 Å². The van der Waals surface area contributed by atoms with Crippen LogP contribution in [0.5, 0.6) is 5.75 Å². The standard InChI is InChI=1S/C15H20N2O3/c16-9-12-2-1-3-15(8-12)20-11-14(19)10-17(6-7-18)13-4-5-13/h1-3,8,13-14,18-19H,4-7,10-11H2. The highest BCUT2D eigenvalue weighted by Crippen LogP contribution is 2.26. The van der Waals surface area contributed by atoms with E-state index in [4.69, 9.17) is 15.1 Å². The smallest absolute Gasteiger partial charge is 0.120 e. The second-order valence-corrected chi connectivity index (χ2v) is 5.05. The molecule has 0 amide bonds. The molecule has 0 spiro atoms. The summed E-state index contributed by atoms with van der Waals surface area (Å²) < 4.78 is 5.50. The van der Waals surface area contributed by atoms with E-state index in [2.05, 4.69) is 4.90 Å². The highest BCUT2D eigenvalue weighted by molar-refractivity contribution is 5.36. The Hall–Kier alpha value is -1.61. The Labute approximate surface area is 119 Å². The zero-order chi connectivity index (χ0) is 14.4. The molecule has 0 heterocycles. The summed E-state index contributed by atoms with van der Waals surface area (Å²) in [5.41, 5.74) is 0.539. The number of hydrogen-bond donors (Lipinski definition) is 2. The van der Waals surface area contributed by atoms with E-state index in [1.54, 1.807) is 24.3 Å². The summed E-state index contributed by atoms with van der Waals surface area (Å²) in [6.07, 6.45) is 1.67. The molecule has 1 aliphatic rings. The molecule has 5 nitrogen and oxygen atoms in total. The van der Waals surface area contributed by atoms with E-state index < -0.39 is 6.10 Å². The van der Waals surface area contributed by atoms with Crippen molar-refractivity contribution in [1.82, 2.24) is 4.90 Å². The molecular weight excluding hydrogens is 256 g/mol. The van der Waals surface area contributed by atoms with E-state index in [-0.39, 0.29) is 13.2 Å². The minimum Gasteiger partial charge on any atom is -0.491 e. The number of aliphatic hydroxyl groups is 2. The summed E-state index contributed by atoms with van der Waals surface area (Å²) in [6.45, 7) is 1.38. The number of nitriles is 1. The van der Waals surface area contributed by atoms with Crippen LogP contribution in [-0.4, -0.2) is 53.6 Å². The quantitative estimate of drug-likeness (QED) is 0.733. The van der Waals surface area contributed by atoms with Gasteiger partial charge in [-0.05, 0) is 31.0 Å². The summed E-state index contributed by atoms with van der Waals surface area (Å²) in [5, 5.41) is 27.8. The lowest BCUT2D eigenvalue weighted by Crippen LogP contribution is -2.38. The van der Waals surface area contributed by atoms with Gasteiger partial charge in [0.2, 0.25) is 0 Å². The van der Waals surface area contributed by atoms with Gasteiger partial charge in [-0.1, -0.05) is 6.07 Å². The first kappa shape index (κ1) is 14.8. The van der Waals surface area contributed by atoms with Gasteiger partial charge in [0, 0.05) is 19.1 Å². The molecule has 5 heteroatoms. The van der Waals surface area contributed by atoms with Gasteiger partial charge in [0.1, 0.15) is 18.5 Å². The Bertz CT molecular complexity index is 468. The number of nitrogens with zero attached hydrogens (tertiary/aromatic N) is 2. The molecule has 1 aromatic rings. The maximum Gasteiger partial charge on any atom is 0.120 e. The Morgan fingerprint density at radius 1 is 1.45 bits per heavy atom. The zero-order valence-corrected chi connectivity index (χ0v) is 11.4. The molecule has 0 bridgehead atoms. The number of ether oxygens (including phenoxy) is 1. The highest BCUT2D eigenvalue weighted by atomic mass is 16.5. The Morgan fingerprint density at radius 3 is 2.90 bits per heavy atom. The molecule has 1 saturated carbocycles. The first-order valence-corrected chi connectivity index (χ1v) is 6.89. The van der Waals surface area contributed by atoms with Gasteiger partial charge in [-0.3, -0.25) is 4.90 Å². The summed E-state index contributed by atoms with van der Waals surface area (Å²) in [5.74, 6) is 0.586. The number of hydrogen-bond acceptors (Lipinski definition) is 5. The molecule has 2 rings (SSSR count). The topological polar surface area (TPSA) is 76.7 Å². The molecule has 1 fully saturated rings. The average Bonchev–Trinajstić information content (AvgIpc) is 3.29. The lowest BCUT2D eigenvalue weighted by Gasteiger charge is -2.24.